The van der Waals surface area contributed by atoms with Gasteiger partial charge >= 0.3 is 17.9 Å². The van der Waals surface area contributed by atoms with Crippen molar-refractivity contribution in [1.29, 1.82) is 0 Å². The minimum atomic E-state index is -1.62. The van der Waals surface area contributed by atoms with E-state index in [1.54, 1.807) is 18.2 Å². The van der Waals surface area contributed by atoms with Crippen molar-refractivity contribution >= 4 is 17.9 Å². The average molecular weight is 555 g/mol. The molecule has 8 heteroatoms. The predicted octanol–water partition coefficient (Wildman–Crippen LogP) is 6.31. The number of carboxylic acid groups (broad SMARTS) is 2. The van der Waals surface area contributed by atoms with Gasteiger partial charge in [0.1, 0.15) is 6.61 Å². The van der Waals surface area contributed by atoms with Crippen LogP contribution in [0.3, 0.4) is 0 Å². The maximum atomic E-state index is 13.1. The first-order valence-corrected chi connectivity index (χ1v) is 12.9. The number of rotatable bonds is 12. The highest BCUT2D eigenvalue weighted by Gasteiger charge is 2.29. The van der Waals surface area contributed by atoms with Crippen LogP contribution >= 0.6 is 0 Å². The first-order chi connectivity index (χ1) is 19.6. The number of hydrogen-bond donors (Lipinski definition) is 2. The Bertz CT molecular complexity index is 1530. The van der Waals surface area contributed by atoms with Crippen LogP contribution in [0.15, 0.2) is 97.1 Å². The number of carbonyl (C=O) groups is 3. The van der Waals surface area contributed by atoms with E-state index in [0.717, 1.165) is 22.3 Å². The Kier molecular flexibility index (Phi) is 9.29. The van der Waals surface area contributed by atoms with E-state index >= 15 is 0 Å². The molecule has 0 fully saturated rings. The van der Waals surface area contributed by atoms with Gasteiger partial charge in [-0.05, 0) is 58.9 Å². The van der Waals surface area contributed by atoms with E-state index in [4.69, 9.17) is 14.5 Å². The Morgan fingerprint density at radius 1 is 0.634 bits per heavy atom. The van der Waals surface area contributed by atoms with Crippen LogP contribution in [0.4, 0.5) is 0 Å². The molecule has 0 aliphatic rings. The molecule has 0 heterocycles. The summed E-state index contributed by atoms with van der Waals surface area (Å²) in [5.74, 6) is -4.90. The first kappa shape index (κ1) is 29.2. The third kappa shape index (κ3) is 8.11. The van der Waals surface area contributed by atoms with Gasteiger partial charge in [0.25, 0.3) is 0 Å². The zero-order valence-corrected chi connectivity index (χ0v) is 22.7. The van der Waals surface area contributed by atoms with Gasteiger partial charge in [0, 0.05) is 13.8 Å². The summed E-state index contributed by atoms with van der Waals surface area (Å²) in [7, 11) is 0. The number of benzene rings is 4. The topological polar surface area (TPSA) is 119 Å². The molecule has 0 aliphatic carbocycles. The van der Waals surface area contributed by atoms with E-state index in [1.807, 2.05) is 60.7 Å². The molecular formula is C33H30O8. The summed E-state index contributed by atoms with van der Waals surface area (Å²) in [6.07, 6.45) is 1.10. The third-order valence-electron chi connectivity index (χ3n) is 6.25. The predicted molar refractivity (Wildman–Crippen MR) is 151 cm³/mol. The van der Waals surface area contributed by atoms with E-state index < -0.39 is 23.7 Å². The second-order valence-corrected chi connectivity index (χ2v) is 9.94. The van der Waals surface area contributed by atoms with Crippen LogP contribution in [0, 0.1) is 0 Å². The fourth-order valence-electron chi connectivity index (χ4n) is 4.34. The van der Waals surface area contributed by atoms with Gasteiger partial charge in [-0.3, -0.25) is 0 Å². The molecule has 0 atom stereocenters. The molecule has 41 heavy (non-hydrogen) atoms. The van der Waals surface area contributed by atoms with E-state index in [0.29, 0.717) is 18.4 Å². The number of esters is 1. The van der Waals surface area contributed by atoms with Crippen molar-refractivity contribution in [3.05, 3.63) is 142 Å². The molecule has 2 N–H and O–H groups in total. The molecular weight excluding hydrogens is 524 g/mol. The van der Waals surface area contributed by atoms with Crippen LogP contribution in [-0.4, -0.2) is 33.9 Å². The molecule has 4 rings (SSSR count). The van der Waals surface area contributed by atoms with E-state index in [1.165, 1.54) is 32.0 Å². The first-order valence-electron chi connectivity index (χ1n) is 12.9. The lowest BCUT2D eigenvalue weighted by atomic mass is 9.99. The summed E-state index contributed by atoms with van der Waals surface area (Å²) in [5.41, 5.74) is 3.81. The fraction of sp³-hybridized carbons (Fsp3) is 0.182. The summed E-state index contributed by atoms with van der Waals surface area (Å²) < 4.78 is 5.47. The van der Waals surface area contributed by atoms with Crippen LogP contribution in [-0.2, 0) is 34.0 Å². The summed E-state index contributed by atoms with van der Waals surface area (Å²) in [6, 6.07) is 28.8. The highest BCUT2D eigenvalue weighted by atomic mass is 17.2. The van der Waals surface area contributed by atoms with Crippen LogP contribution in [0.25, 0.3) is 0 Å². The zero-order valence-electron chi connectivity index (χ0n) is 22.7. The highest BCUT2D eigenvalue weighted by Crippen LogP contribution is 2.23. The van der Waals surface area contributed by atoms with Crippen molar-refractivity contribution < 1.29 is 39.1 Å². The third-order valence-corrected chi connectivity index (χ3v) is 6.25. The van der Waals surface area contributed by atoms with Gasteiger partial charge in [0.2, 0.25) is 5.79 Å². The number of carbonyl (C=O) groups excluding carboxylic acids is 1. The van der Waals surface area contributed by atoms with Gasteiger partial charge in [-0.15, -0.1) is 0 Å². The minimum absolute atomic E-state index is 0.0570. The molecule has 0 saturated heterocycles. The Balaban J connectivity index is 1.44. The molecule has 0 spiro atoms. The van der Waals surface area contributed by atoms with Crippen LogP contribution in [0.2, 0.25) is 0 Å². The van der Waals surface area contributed by atoms with Crippen LogP contribution in [0.1, 0.15) is 72.7 Å². The fourth-order valence-corrected chi connectivity index (χ4v) is 4.34. The largest absolute Gasteiger partial charge is 0.478 e. The highest BCUT2D eigenvalue weighted by molar-refractivity contribution is 6.02. The molecule has 8 nitrogen and oxygen atoms in total. The quantitative estimate of drug-likeness (QED) is 0.0906. The normalized spacial score (nSPS) is 11.2. The Morgan fingerprint density at radius 3 is 1.68 bits per heavy atom. The second kappa shape index (κ2) is 13.0. The molecule has 0 bridgehead atoms. The summed E-state index contributed by atoms with van der Waals surface area (Å²) in [5, 5.41) is 19.3. The monoisotopic (exact) mass is 554 g/mol. The van der Waals surface area contributed by atoms with Gasteiger partial charge in [0.15, 0.2) is 0 Å². The average Bonchev–Trinajstić information content (AvgIpc) is 2.93. The molecule has 210 valence electrons. The number of carboxylic acids is 2. The molecule has 0 saturated carbocycles. The van der Waals surface area contributed by atoms with Crippen molar-refractivity contribution in [3.8, 4) is 0 Å². The molecule has 0 aromatic heterocycles. The van der Waals surface area contributed by atoms with Crippen molar-refractivity contribution in [2.75, 3.05) is 0 Å². The summed E-state index contributed by atoms with van der Waals surface area (Å²) in [6.45, 7) is 2.64. The Labute approximate surface area is 237 Å². The van der Waals surface area contributed by atoms with E-state index in [2.05, 4.69) is 0 Å². The molecule has 4 aromatic carbocycles. The van der Waals surface area contributed by atoms with Crippen molar-refractivity contribution in [1.82, 2.24) is 0 Å². The smallest absolute Gasteiger partial charge is 0.341 e. The lowest BCUT2D eigenvalue weighted by Crippen LogP contribution is -2.32. The Hall–Kier alpha value is -4.79. The Morgan fingerprint density at radius 2 is 1.15 bits per heavy atom. The van der Waals surface area contributed by atoms with Crippen molar-refractivity contribution in [3.63, 3.8) is 0 Å². The van der Waals surface area contributed by atoms with Gasteiger partial charge in [-0.1, -0.05) is 78.9 Å². The van der Waals surface area contributed by atoms with Crippen LogP contribution < -0.4 is 0 Å². The number of hydrogen-bond acceptors (Lipinski definition) is 6. The number of aromatic carboxylic acids is 2. The SMILES string of the molecule is CC(C)(OOCc1cc(Cc2ccccc2)ccc1C(=O)O)OC(=O)c1cc(Cc2ccccc2)ccc1C(=O)O. The van der Waals surface area contributed by atoms with Crippen molar-refractivity contribution in [2.24, 2.45) is 0 Å². The molecule has 0 aliphatic heterocycles. The maximum absolute atomic E-state index is 13.1. The second-order valence-electron chi connectivity index (χ2n) is 9.94. The molecule has 0 radical (unpaired) electrons. The van der Waals surface area contributed by atoms with Gasteiger partial charge < -0.3 is 14.9 Å². The van der Waals surface area contributed by atoms with Crippen LogP contribution in [0.5, 0.6) is 0 Å². The molecule has 4 aromatic rings. The van der Waals surface area contributed by atoms with E-state index in [9.17, 15) is 24.6 Å². The van der Waals surface area contributed by atoms with Gasteiger partial charge in [-0.25, -0.2) is 19.3 Å². The summed E-state index contributed by atoms with van der Waals surface area (Å²) in [4.78, 5) is 47.4. The van der Waals surface area contributed by atoms with E-state index in [-0.39, 0.29) is 23.3 Å². The lowest BCUT2D eigenvalue weighted by molar-refractivity contribution is -0.411. The minimum Gasteiger partial charge on any atom is -0.478 e. The molecule has 0 amide bonds. The standard InChI is InChI=1S/C33H30O8/c1-33(2,40-32(38)29-20-25(14-16-28(29)31(36)37)18-23-11-7-4-8-12-23)41-39-21-26-19-24(13-15-27(26)30(34)35)17-22-9-5-3-6-10-22/h3-16,19-20H,17-18,21H2,1-2H3,(H,34,35)(H,36,37). The van der Waals surface area contributed by atoms with Gasteiger partial charge in [0.05, 0.1) is 16.7 Å². The van der Waals surface area contributed by atoms with Gasteiger partial charge in [-0.2, -0.15) is 4.89 Å². The maximum Gasteiger partial charge on any atom is 0.341 e. The van der Waals surface area contributed by atoms with Crippen molar-refractivity contribution in [2.45, 2.75) is 39.1 Å². The lowest BCUT2D eigenvalue weighted by Gasteiger charge is -2.24. The number of ether oxygens (including phenoxy) is 1. The summed E-state index contributed by atoms with van der Waals surface area (Å²) >= 11 is 0. The molecule has 0 unspecified atom stereocenters. The zero-order chi connectivity index (χ0) is 29.4.